The van der Waals surface area contributed by atoms with Gasteiger partial charge in [0.05, 0.1) is 0 Å². The lowest BCUT2D eigenvalue weighted by atomic mass is 10.0. The molecule has 2 aromatic carbocycles. The number of hydrogen-bond donors (Lipinski definition) is 1. The molecule has 0 saturated heterocycles. The van der Waals surface area contributed by atoms with E-state index in [-0.39, 0.29) is 24.7 Å². The van der Waals surface area contributed by atoms with Crippen molar-refractivity contribution in [1.82, 2.24) is 5.32 Å². The average molecular weight is 329 g/mol. The molecular formula is C19H23NO4. The number of carbonyl (C=O) groups excluding carboxylic acids is 2. The first kappa shape index (κ1) is 17.8. The first-order valence-electron chi connectivity index (χ1n) is 7.98. The van der Waals surface area contributed by atoms with Gasteiger partial charge in [0.2, 0.25) is 0 Å². The van der Waals surface area contributed by atoms with Gasteiger partial charge in [0, 0.05) is 5.54 Å². The van der Waals surface area contributed by atoms with Crippen LogP contribution in [0.1, 0.15) is 27.2 Å². The molecule has 0 fully saturated rings. The van der Waals surface area contributed by atoms with Crippen LogP contribution in [0.2, 0.25) is 0 Å². The fraction of sp³-hybridized carbons (Fsp3) is 0.368. The standard InChI is InChI=1S/C19H23NO4/c1-4-19(2,3)20-17(21)12-24-18(22)13-23-16-10-9-14-7-5-6-8-15(14)11-16/h5-11H,4,12-13H2,1-3H3,(H,20,21). The predicted molar refractivity (Wildman–Crippen MR) is 92.9 cm³/mol. The summed E-state index contributed by atoms with van der Waals surface area (Å²) >= 11 is 0. The van der Waals surface area contributed by atoms with Crippen molar-refractivity contribution in [3.8, 4) is 5.75 Å². The second kappa shape index (κ2) is 7.81. The monoisotopic (exact) mass is 329 g/mol. The van der Waals surface area contributed by atoms with Crippen LogP contribution < -0.4 is 10.1 Å². The zero-order valence-corrected chi connectivity index (χ0v) is 14.3. The molecule has 0 aliphatic carbocycles. The number of carbonyl (C=O) groups is 2. The number of amides is 1. The zero-order valence-electron chi connectivity index (χ0n) is 14.3. The van der Waals surface area contributed by atoms with Gasteiger partial charge in [-0.1, -0.05) is 37.3 Å². The molecule has 128 valence electrons. The van der Waals surface area contributed by atoms with Crippen molar-refractivity contribution in [2.24, 2.45) is 0 Å². The number of esters is 1. The third-order valence-electron chi connectivity index (χ3n) is 3.80. The summed E-state index contributed by atoms with van der Waals surface area (Å²) in [5.41, 5.74) is -0.314. The van der Waals surface area contributed by atoms with Crippen molar-refractivity contribution >= 4 is 22.6 Å². The summed E-state index contributed by atoms with van der Waals surface area (Å²) in [7, 11) is 0. The van der Waals surface area contributed by atoms with Gasteiger partial charge in [0.15, 0.2) is 13.2 Å². The molecule has 5 nitrogen and oxygen atoms in total. The molecule has 0 heterocycles. The van der Waals surface area contributed by atoms with E-state index in [0.29, 0.717) is 5.75 Å². The second-order valence-corrected chi connectivity index (χ2v) is 6.24. The molecule has 0 aliphatic heterocycles. The molecule has 1 N–H and O–H groups in total. The van der Waals surface area contributed by atoms with Crippen molar-refractivity contribution in [1.29, 1.82) is 0 Å². The van der Waals surface area contributed by atoms with Crippen LogP contribution >= 0.6 is 0 Å². The van der Waals surface area contributed by atoms with Crippen LogP contribution in [0.25, 0.3) is 10.8 Å². The van der Waals surface area contributed by atoms with Crippen molar-refractivity contribution < 1.29 is 19.1 Å². The van der Waals surface area contributed by atoms with Crippen molar-refractivity contribution in [2.75, 3.05) is 13.2 Å². The third-order valence-corrected chi connectivity index (χ3v) is 3.80. The van der Waals surface area contributed by atoms with E-state index >= 15 is 0 Å². The van der Waals surface area contributed by atoms with Gasteiger partial charge >= 0.3 is 5.97 Å². The Hall–Kier alpha value is -2.56. The van der Waals surface area contributed by atoms with Gasteiger partial charge in [-0.15, -0.1) is 0 Å². The van der Waals surface area contributed by atoms with Crippen LogP contribution in [0.5, 0.6) is 5.75 Å². The van der Waals surface area contributed by atoms with Crippen LogP contribution in [-0.2, 0) is 14.3 Å². The lowest BCUT2D eigenvalue weighted by Gasteiger charge is -2.24. The third kappa shape index (κ3) is 5.26. The number of hydrogen-bond acceptors (Lipinski definition) is 4. The average Bonchev–Trinajstić information content (AvgIpc) is 2.57. The van der Waals surface area contributed by atoms with Gasteiger partial charge in [0.1, 0.15) is 5.75 Å². The Kier molecular flexibility index (Phi) is 5.79. The molecular weight excluding hydrogens is 306 g/mol. The lowest BCUT2D eigenvalue weighted by molar-refractivity contribution is -0.150. The summed E-state index contributed by atoms with van der Waals surface area (Å²) in [5, 5.41) is 4.93. The smallest absolute Gasteiger partial charge is 0.344 e. The molecule has 5 heteroatoms. The highest BCUT2D eigenvalue weighted by Crippen LogP contribution is 2.20. The molecule has 0 aliphatic rings. The maximum Gasteiger partial charge on any atom is 0.344 e. The number of benzene rings is 2. The van der Waals surface area contributed by atoms with Gasteiger partial charge in [0.25, 0.3) is 5.91 Å². The fourth-order valence-electron chi connectivity index (χ4n) is 2.09. The lowest BCUT2D eigenvalue weighted by Crippen LogP contribution is -2.44. The number of fused-ring (bicyclic) bond motifs is 1. The van der Waals surface area contributed by atoms with E-state index in [1.807, 2.05) is 57.2 Å². The Balaban J connectivity index is 1.79. The summed E-state index contributed by atoms with van der Waals surface area (Å²) in [6.07, 6.45) is 0.789. The molecule has 0 bridgehead atoms. The highest BCUT2D eigenvalue weighted by Gasteiger charge is 2.18. The largest absolute Gasteiger partial charge is 0.482 e. The summed E-state index contributed by atoms with van der Waals surface area (Å²) in [6.45, 7) is 5.26. The predicted octanol–water partition coefficient (Wildman–Crippen LogP) is 3.07. The van der Waals surface area contributed by atoms with Gasteiger partial charge in [-0.3, -0.25) is 4.79 Å². The maximum absolute atomic E-state index is 11.7. The highest BCUT2D eigenvalue weighted by atomic mass is 16.6. The van der Waals surface area contributed by atoms with E-state index in [0.717, 1.165) is 17.2 Å². The van der Waals surface area contributed by atoms with Gasteiger partial charge in [-0.25, -0.2) is 4.79 Å². The van der Waals surface area contributed by atoms with E-state index in [4.69, 9.17) is 9.47 Å². The van der Waals surface area contributed by atoms with E-state index in [9.17, 15) is 9.59 Å². The number of rotatable bonds is 7. The first-order valence-corrected chi connectivity index (χ1v) is 7.98. The van der Waals surface area contributed by atoms with Crippen LogP contribution in [0.4, 0.5) is 0 Å². The van der Waals surface area contributed by atoms with Crippen molar-refractivity contribution in [3.63, 3.8) is 0 Å². The minimum Gasteiger partial charge on any atom is -0.482 e. The van der Waals surface area contributed by atoms with Crippen LogP contribution in [0, 0.1) is 0 Å². The Bertz CT molecular complexity index is 724. The summed E-state index contributed by atoms with van der Waals surface area (Å²) in [4.78, 5) is 23.4. The molecule has 2 aromatic rings. The quantitative estimate of drug-likeness (QED) is 0.793. The molecule has 2 rings (SSSR count). The van der Waals surface area contributed by atoms with E-state index < -0.39 is 5.97 Å². The minimum atomic E-state index is -0.576. The molecule has 0 aromatic heterocycles. The van der Waals surface area contributed by atoms with Crippen molar-refractivity contribution in [3.05, 3.63) is 42.5 Å². The molecule has 0 atom stereocenters. The molecule has 0 unspecified atom stereocenters. The molecule has 0 radical (unpaired) electrons. The van der Waals surface area contributed by atoms with Crippen molar-refractivity contribution in [2.45, 2.75) is 32.7 Å². The van der Waals surface area contributed by atoms with Gasteiger partial charge < -0.3 is 14.8 Å². The number of nitrogens with one attached hydrogen (secondary N) is 1. The SMILES string of the molecule is CCC(C)(C)NC(=O)COC(=O)COc1ccc2ccccc2c1. The fourth-order valence-corrected chi connectivity index (χ4v) is 2.09. The zero-order chi connectivity index (χ0) is 17.6. The summed E-state index contributed by atoms with van der Waals surface area (Å²) in [6, 6.07) is 13.5. The van der Waals surface area contributed by atoms with E-state index in [1.54, 1.807) is 6.07 Å². The number of ether oxygens (including phenoxy) is 2. The Morgan fingerprint density at radius 3 is 2.46 bits per heavy atom. The highest BCUT2D eigenvalue weighted by molar-refractivity contribution is 5.84. The summed E-state index contributed by atoms with van der Waals surface area (Å²) < 4.78 is 10.4. The first-order chi connectivity index (χ1) is 11.4. The summed E-state index contributed by atoms with van der Waals surface area (Å²) in [5.74, 6) is -0.310. The molecule has 0 saturated carbocycles. The van der Waals surface area contributed by atoms with Crippen LogP contribution in [0.15, 0.2) is 42.5 Å². The Morgan fingerprint density at radius 2 is 1.75 bits per heavy atom. The van der Waals surface area contributed by atoms with Crippen LogP contribution in [-0.4, -0.2) is 30.6 Å². The van der Waals surface area contributed by atoms with E-state index in [2.05, 4.69) is 5.32 Å². The molecule has 1 amide bonds. The van der Waals surface area contributed by atoms with Gasteiger partial charge in [-0.2, -0.15) is 0 Å². The second-order valence-electron chi connectivity index (χ2n) is 6.24. The van der Waals surface area contributed by atoms with Crippen LogP contribution in [0.3, 0.4) is 0 Å². The minimum absolute atomic E-state index is 0.233. The normalized spacial score (nSPS) is 11.1. The Labute approximate surface area is 141 Å². The molecule has 0 spiro atoms. The topological polar surface area (TPSA) is 64.6 Å². The maximum atomic E-state index is 11.7. The Morgan fingerprint density at radius 1 is 1.04 bits per heavy atom. The molecule has 24 heavy (non-hydrogen) atoms. The van der Waals surface area contributed by atoms with Gasteiger partial charge in [-0.05, 0) is 43.2 Å². The van der Waals surface area contributed by atoms with E-state index in [1.165, 1.54) is 0 Å².